The Morgan fingerprint density at radius 2 is 2.27 bits per heavy atom. The Morgan fingerprint density at radius 1 is 1.47 bits per heavy atom. The predicted molar refractivity (Wildman–Crippen MR) is 60.6 cm³/mol. The third kappa shape index (κ3) is 1.94. The highest BCUT2D eigenvalue weighted by atomic mass is 35.5. The quantitative estimate of drug-likeness (QED) is 0.766. The molecule has 78 valence electrons. The van der Waals surface area contributed by atoms with Crippen molar-refractivity contribution in [3.05, 3.63) is 29.0 Å². The minimum atomic E-state index is 0.523. The number of aromatic amines is 1. The van der Waals surface area contributed by atoms with Crippen LogP contribution in [-0.4, -0.2) is 15.2 Å². The lowest BCUT2D eigenvalue weighted by molar-refractivity contribution is 0.946. The van der Waals surface area contributed by atoms with Crippen LogP contribution in [0.1, 0.15) is 12.7 Å². The molecule has 0 saturated heterocycles. The number of nitrogens with one attached hydrogen (secondary N) is 1. The topological polar surface area (TPSA) is 67.6 Å². The summed E-state index contributed by atoms with van der Waals surface area (Å²) in [4.78, 5) is 4.30. The van der Waals surface area contributed by atoms with Gasteiger partial charge in [0, 0.05) is 12.0 Å². The van der Waals surface area contributed by atoms with E-state index in [0.717, 1.165) is 17.8 Å². The van der Waals surface area contributed by atoms with Crippen molar-refractivity contribution in [1.82, 2.24) is 15.2 Å². The summed E-state index contributed by atoms with van der Waals surface area (Å²) in [6.07, 6.45) is 0.829. The summed E-state index contributed by atoms with van der Waals surface area (Å²) in [6.45, 7) is 2.01. The molecule has 0 aliphatic carbocycles. The van der Waals surface area contributed by atoms with Gasteiger partial charge in [-0.2, -0.15) is 5.10 Å². The molecule has 0 fully saturated rings. The van der Waals surface area contributed by atoms with E-state index in [1.165, 1.54) is 0 Å². The molecule has 0 saturated carbocycles. The summed E-state index contributed by atoms with van der Waals surface area (Å²) in [5, 5.41) is 7.47. The molecule has 0 atom stereocenters. The molecule has 0 aliphatic rings. The van der Waals surface area contributed by atoms with Crippen molar-refractivity contribution < 1.29 is 0 Å². The Bertz CT molecular complexity index is 478. The van der Waals surface area contributed by atoms with Gasteiger partial charge in [-0.25, -0.2) is 4.98 Å². The standard InChI is InChI=1S/C10H11ClN4/c1-2-9-13-10(15-14-9)6-3-4-8(12)7(11)5-6/h3-5H,2,12H2,1H3,(H,13,14,15). The summed E-state index contributed by atoms with van der Waals surface area (Å²) in [7, 11) is 0. The van der Waals surface area contributed by atoms with Crippen LogP contribution in [0.2, 0.25) is 5.02 Å². The van der Waals surface area contributed by atoms with Crippen molar-refractivity contribution in [1.29, 1.82) is 0 Å². The van der Waals surface area contributed by atoms with Crippen molar-refractivity contribution in [2.24, 2.45) is 0 Å². The van der Waals surface area contributed by atoms with Gasteiger partial charge in [-0.1, -0.05) is 18.5 Å². The predicted octanol–water partition coefficient (Wildman–Crippen LogP) is 2.27. The van der Waals surface area contributed by atoms with E-state index >= 15 is 0 Å². The number of hydrogen-bond acceptors (Lipinski definition) is 3. The van der Waals surface area contributed by atoms with Gasteiger partial charge < -0.3 is 5.73 Å². The lowest BCUT2D eigenvalue weighted by Gasteiger charge is -1.99. The minimum absolute atomic E-state index is 0.523. The number of aromatic nitrogens is 3. The van der Waals surface area contributed by atoms with Crippen LogP contribution in [0.15, 0.2) is 18.2 Å². The highest BCUT2D eigenvalue weighted by molar-refractivity contribution is 6.33. The SMILES string of the molecule is CCc1nc(-c2ccc(N)c(Cl)c2)n[nH]1. The van der Waals surface area contributed by atoms with Crippen molar-refractivity contribution >= 4 is 17.3 Å². The van der Waals surface area contributed by atoms with E-state index in [0.29, 0.717) is 16.5 Å². The lowest BCUT2D eigenvalue weighted by atomic mass is 10.2. The van der Waals surface area contributed by atoms with Crippen molar-refractivity contribution in [2.45, 2.75) is 13.3 Å². The highest BCUT2D eigenvalue weighted by Gasteiger charge is 2.06. The van der Waals surface area contributed by atoms with E-state index in [1.807, 2.05) is 13.0 Å². The molecule has 0 amide bonds. The molecule has 1 heterocycles. The summed E-state index contributed by atoms with van der Waals surface area (Å²) in [5.74, 6) is 1.51. The van der Waals surface area contributed by atoms with E-state index < -0.39 is 0 Å². The number of benzene rings is 1. The first kappa shape index (κ1) is 9.98. The van der Waals surface area contributed by atoms with Crippen LogP contribution >= 0.6 is 11.6 Å². The molecule has 0 aliphatic heterocycles. The van der Waals surface area contributed by atoms with E-state index in [4.69, 9.17) is 17.3 Å². The molecule has 2 rings (SSSR count). The van der Waals surface area contributed by atoms with Crippen LogP contribution in [0, 0.1) is 0 Å². The zero-order chi connectivity index (χ0) is 10.8. The second kappa shape index (κ2) is 3.90. The molecular weight excluding hydrogens is 212 g/mol. The van der Waals surface area contributed by atoms with Gasteiger partial charge in [0.15, 0.2) is 5.82 Å². The van der Waals surface area contributed by atoms with Gasteiger partial charge in [-0.15, -0.1) is 0 Å². The Kier molecular flexibility index (Phi) is 2.60. The monoisotopic (exact) mass is 222 g/mol. The van der Waals surface area contributed by atoms with Crippen LogP contribution in [0.25, 0.3) is 11.4 Å². The fourth-order valence-corrected chi connectivity index (χ4v) is 1.43. The van der Waals surface area contributed by atoms with Gasteiger partial charge in [0.1, 0.15) is 5.82 Å². The highest BCUT2D eigenvalue weighted by Crippen LogP contribution is 2.24. The summed E-state index contributed by atoms with van der Waals surface area (Å²) < 4.78 is 0. The second-order valence-corrected chi connectivity index (χ2v) is 3.60. The van der Waals surface area contributed by atoms with Gasteiger partial charge in [-0.3, -0.25) is 5.10 Å². The third-order valence-corrected chi connectivity index (χ3v) is 2.45. The van der Waals surface area contributed by atoms with Crippen molar-refractivity contribution in [3.63, 3.8) is 0 Å². The van der Waals surface area contributed by atoms with Crippen LogP contribution in [-0.2, 0) is 6.42 Å². The number of hydrogen-bond donors (Lipinski definition) is 2. The largest absolute Gasteiger partial charge is 0.398 e. The Balaban J connectivity index is 2.40. The number of nitrogens with zero attached hydrogens (tertiary/aromatic N) is 2. The number of halogens is 1. The molecule has 1 aromatic carbocycles. The summed E-state index contributed by atoms with van der Waals surface area (Å²) >= 11 is 5.91. The molecular formula is C10H11ClN4. The maximum absolute atomic E-state index is 5.91. The molecule has 0 radical (unpaired) electrons. The minimum Gasteiger partial charge on any atom is -0.398 e. The smallest absolute Gasteiger partial charge is 0.181 e. The molecule has 15 heavy (non-hydrogen) atoms. The van der Waals surface area contributed by atoms with E-state index in [2.05, 4.69) is 15.2 Å². The van der Waals surface area contributed by atoms with Crippen LogP contribution in [0.4, 0.5) is 5.69 Å². The van der Waals surface area contributed by atoms with E-state index in [9.17, 15) is 0 Å². The zero-order valence-corrected chi connectivity index (χ0v) is 9.04. The number of rotatable bonds is 2. The number of H-pyrrole nitrogens is 1. The Morgan fingerprint density at radius 3 is 2.87 bits per heavy atom. The summed E-state index contributed by atoms with van der Waals surface area (Å²) in [5.41, 5.74) is 7.05. The van der Waals surface area contributed by atoms with Gasteiger partial charge in [0.2, 0.25) is 0 Å². The molecule has 5 heteroatoms. The molecule has 0 unspecified atom stereocenters. The Labute approximate surface area is 92.5 Å². The molecule has 3 N–H and O–H groups in total. The number of anilines is 1. The third-order valence-electron chi connectivity index (χ3n) is 2.13. The maximum atomic E-state index is 5.91. The van der Waals surface area contributed by atoms with Gasteiger partial charge in [0.25, 0.3) is 0 Å². The van der Waals surface area contributed by atoms with E-state index in [-0.39, 0.29) is 0 Å². The first-order chi connectivity index (χ1) is 7.20. The second-order valence-electron chi connectivity index (χ2n) is 3.20. The lowest BCUT2D eigenvalue weighted by Crippen LogP contribution is -1.87. The van der Waals surface area contributed by atoms with Gasteiger partial charge in [-0.05, 0) is 18.2 Å². The van der Waals surface area contributed by atoms with Gasteiger partial charge in [0.05, 0.1) is 10.7 Å². The fourth-order valence-electron chi connectivity index (χ4n) is 1.25. The van der Waals surface area contributed by atoms with Crippen LogP contribution in [0.5, 0.6) is 0 Å². The zero-order valence-electron chi connectivity index (χ0n) is 8.29. The average molecular weight is 223 g/mol. The number of nitrogen functional groups attached to an aromatic ring is 1. The molecule has 2 aromatic rings. The molecule has 0 spiro atoms. The van der Waals surface area contributed by atoms with E-state index in [1.54, 1.807) is 12.1 Å². The number of nitrogens with two attached hydrogens (primary N) is 1. The first-order valence-electron chi connectivity index (χ1n) is 4.67. The van der Waals surface area contributed by atoms with Crippen molar-refractivity contribution in [2.75, 3.05) is 5.73 Å². The first-order valence-corrected chi connectivity index (χ1v) is 5.05. The fraction of sp³-hybridized carbons (Fsp3) is 0.200. The molecule has 4 nitrogen and oxygen atoms in total. The van der Waals surface area contributed by atoms with Crippen LogP contribution < -0.4 is 5.73 Å². The number of aryl methyl sites for hydroxylation is 1. The Hall–Kier alpha value is -1.55. The summed E-state index contributed by atoms with van der Waals surface area (Å²) in [6, 6.07) is 5.36. The average Bonchev–Trinajstić information content (AvgIpc) is 2.70. The normalized spacial score (nSPS) is 10.5. The maximum Gasteiger partial charge on any atom is 0.181 e. The van der Waals surface area contributed by atoms with Crippen molar-refractivity contribution in [3.8, 4) is 11.4 Å². The molecule has 1 aromatic heterocycles. The van der Waals surface area contributed by atoms with Crippen LogP contribution in [0.3, 0.4) is 0 Å². The molecule has 0 bridgehead atoms. The van der Waals surface area contributed by atoms with Gasteiger partial charge >= 0.3 is 0 Å².